The van der Waals surface area contributed by atoms with Gasteiger partial charge in [-0.05, 0) is 44.9 Å². The zero-order chi connectivity index (χ0) is 12.7. The third kappa shape index (κ3) is 3.87. The van der Waals surface area contributed by atoms with Crippen LogP contribution in [0, 0.1) is 0 Å². The van der Waals surface area contributed by atoms with Crippen LogP contribution in [0.5, 0.6) is 0 Å². The van der Waals surface area contributed by atoms with E-state index in [0.29, 0.717) is 6.04 Å². The van der Waals surface area contributed by atoms with Gasteiger partial charge in [-0.25, -0.2) is 0 Å². The highest BCUT2D eigenvalue weighted by atomic mass is 32.2. The Bertz CT molecular complexity index is 202. The fraction of sp³-hybridized carbons (Fsp3) is 1.00. The standard InChI is InChI=1S/C14H30N2S/c1-4-6-9-16(13(3)5-2)14(11-15)8-7-10-17-12-14/h13H,4-12,15H2,1-3H3. The number of nitrogens with two attached hydrogens (primary N) is 1. The lowest BCUT2D eigenvalue weighted by atomic mass is 9.90. The number of hydrogen-bond acceptors (Lipinski definition) is 3. The van der Waals surface area contributed by atoms with Crippen LogP contribution in [0.3, 0.4) is 0 Å². The smallest absolute Gasteiger partial charge is 0.0425 e. The molecule has 1 heterocycles. The van der Waals surface area contributed by atoms with Gasteiger partial charge in [0.1, 0.15) is 0 Å². The number of thioether (sulfide) groups is 1. The van der Waals surface area contributed by atoms with Crippen molar-refractivity contribution in [3.8, 4) is 0 Å². The molecule has 1 aliphatic heterocycles. The highest BCUT2D eigenvalue weighted by Crippen LogP contribution is 2.33. The normalized spacial score (nSPS) is 27.4. The summed E-state index contributed by atoms with van der Waals surface area (Å²) in [5, 5.41) is 0. The van der Waals surface area contributed by atoms with E-state index in [1.165, 1.54) is 50.2 Å². The summed E-state index contributed by atoms with van der Waals surface area (Å²) in [4.78, 5) is 2.72. The van der Waals surface area contributed by atoms with Crippen LogP contribution in [0.25, 0.3) is 0 Å². The van der Waals surface area contributed by atoms with E-state index in [9.17, 15) is 0 Å². The van der Waals surface area contributed by atoms with Crippen LogP contribution in [0.4, 0.5) is 0 Å². The predicted octanol–water partition coefficient (Wildman–Crippen LogP) is 3.11. The maximum absolute atomic E-state index is 6.15. The molecule has 2 unspecified atom stereocenters. The van der Waals surface area contributed by atoms with E-state index in [0.717, 1.165) is 6.54 Å². The number of hydrogen-bond donors (Lipinski definition) is 1. The Balaban J connectivity index is 2.75. The summed E-state index contributed by atoms with van der Waals surface area (Å²) in [5.74, 6) is 2.56. The number of unbranched alkanes of at least 4 members (excludes halogenated alkanes) is 1. The van der Waals surface area contributed by atoms with E-state index in [4.69, 9.17) is 5.73 Å². The van der Waals surface area contributed by atoms with Gasteiger partial charge in [0.25, 0.3) is 0 Å². The lowest BCUT2D eigenvalue weighted by Gasteiger charge is -2.48. The van der Waals surface area contributed by atoms with Crippen LogP contribution in [0.2, 0.25) is 0 Å². The zero-order valence-electron chi connectivity index (χ0n) is 11.9. The lowest BCUT2D eigenvalue weighted by Crippen LogP contribution is -2.60. The molecule has 1 aliphatic rings. The zero-order valence-corrected chi connectivity index (χ0v) is 12.7. The highest BCUT2D eigenvalue weighted by molar-refractivity contribution is 7.99. The van der Waals surface area contributed by atoms with Crippen molar-refractivity contribution in [1.29, 1.82) is 0 Å². The summed E-state index contributed by atoms with van der Waals surface area (Å²) in [6.07, 6.45) is 6.44. The van der Waals surface area contributed by atoms with Crippen molar-refractivity contribution in [1.82, 2.24) is 4.90 Å². The molecule has 17 heavy (non-hydrogen) atoms. The van der Waals surface area contributed by atoms with Crippen molar-refractivity contribution < 1.29 is 0 Å². The molecule has 0 amide bonds. The minimum Gasteiger partial charge on any atom is -0.329 e. The Labute approximate surface area is 112 Å². The first kappa shape index (κ1) is 15.3. The summed E-state index contributed by atoms with van der Waals surface area (Å²) in [7, 11) is 0. The van der Waals surface area contributed by atoms with Crippen molar-refractivity contribution in [3.05, 3.63) is 0 Å². The van der Waals surface area contributed by atoms with Crippen LogP contribution in [-0.2, 0) is 0 Å². The Kier molecular flexibility index (Phi) is 6.90. The second-order valence-corrected chi connectivity index (χ2v) is 6.49. The Morgan fingerprint density at radius 3 is 2.65 bits per heavy atom. The second kappa shape index (κ2) is 7.65. The molecular weight excluding hydrogens is 228 g/mol. The summed E-state index contributed by atoms with van der Waals surface area (Å²) >= 11 is 2.09. The van der Waals surface area contributed by atoms with Crippen molar-refractivity contribution in [2.24, 2.45) is 5.73 Å². The Morgan fingerprint density at radius 2 is 2.18 bits per heavy atom. The molecular formula is C14H30N2S. The molecule has 0 aromatic heterocycles. The van der Waals surface area contributed by atoms with Gasteiger partial charge in [0, 0.05) is 23.9 Å². The molecule has 1 fully saturated rings. The maximum atomic E-state index is 6.15. The van der Waals surface area contributed by atoms with Crippen molar-refractivity contribution in [2.45, 2.75) is 64.5 Å². The largest absolute Gasteiger partial charge is 0.329 e. The topological polar surface area (TPSA) is 29.3 Å². The average Bonchev–Trinajstić information content (AvgIpc) is 2.39. The lowest BCUT2D eigenvalue weighted by molar-refractivity contribution is 0.0587. The quantitative estimate of drug-likeness (QED) is 0.761. The molecule has 0 saturated carbocycles. The Morgan fingerprint density at radius 1 is 1.41 bits per heavy atom. The highest BCUT2D eigenvalue weighted by Gasteiger charge is 2.38. The first-order valence-corrected chi connectivity index (χ1v) is 8.40. The molecule has 1 saturated heterocycles. The van der Waals surface area contributed by atoms with Crippen LogP contribution < -0.4 is 5.73 Å². The van der Waals surface area contributed by atoms with Crippen LogP contribution >= 0.6 is 11.8 Å². The van der Waals surface area contributed by atoms with Crippen molar-refractivity contribution >= 4 is 11.8 Å². The van der Waals surface area contributed by atoms with Gasteiger partial charge in [0.05, 0.1) is 0 Å². The van der Waals surface area contributed by atoms with Crippen molar-refractivity contribution in [3.63, 3.8) is 0 Å². The first-order valence-electron chi connectivity index (χ1n) is 7.24. The molecule has 3 heteroatoms. The van der Waals surface area contributed by atoms with Gasteiger partial charge in [0.15, 0.2) is 0 Å². The number of nitrogens with zero attached hydrogens (tertiary/aromatic N) is 1. The van der Waals surface area contributed by atoms with E-state index >= 15 is 0 Å². The maximum Gasteiger partial charge on any atom is 0.0425 e. The van der Waals surface area contributed by atoms with E-state index in [-0.39, 0.29) is 5.54 Å². The van der Waals surface area contributed by atoms with Gasteiger partial charge in [-0.15, -0.1) is 0 Å². The first-order chi connectivity index (χ1) is 8.20. The molecule has 0 aromatic carbocycles. The fourth-order valence-corrected chi connectivity index (χ4v) is 4.12. The summed E-state index contributed by atoms with van der Waals surface area (Å²) in [6, 6.07) is 0.670. The minimum atomic E-state index is 0.285. The second-order valence-electron chi connectivity index (χ2n) is 5.39. The van der Waals surface area contributed by atoms with E-state index in [1.54, 1.807) is 0 Å². The molecule has 2 N–H and O–H groups in total. The summed E-state index contributed by atoms with van der Waals surface area (Å²) < 4.78 is 0. The molecule has 0 radical (unpaired) electrons. The fourth-order valence-electron chi connectivity index (χ4n) is 2.82. The molecule has 2 nitrogen and oxygen atoms in total. The average molecular weight is 258 g/mol. The number of rotatable bonds is 7. The van der Waals surface area contributed by atoms with Gasteiger partial charge >= 0.3 is 0 Å². The summed E-state index contributed by atoms with van der Waals surface area (Å²) in [5.41, 5.74) is 6.43. The third-order valence-corrected chi connectivity index (χ3v) is 5.49. The van der Waals surface area contributed by atoms with Gasteiger partial charge in [0.2, 0.25) is 0 Å². The van der Waals surface area contributed by atoms with E-state index < -0.39 is 0 Å². The van der Waals surface area contributed by atoms with Crippen molar-refractivity contribution in [2.75, 3.05) is 24.6 Å². The van der Waals surface area contributed by atoms with Gasteiger partial charge in [-0.3, -0.25) is 4.90 Å². The Hall–Kier alpha value is 0.270. The monoisotopic (exact) mass is 258 g/mol. The van der Waals surface area contributed by atoms with E-state index in [1.807, 2.05) is 0 Å². The van der Waals surface area contributed by atoms with Gasteiger partial charge in [-0.2, -0.15) is 11.8 Å². The molecule has 1 rings (SSSR count). The van der Waals surface area contributed by atoms with E-state index in [2.05, 4.69) is 37.4 Å². The molecule has 0 aromatic rings. The van der Waals surface area contributed by atoms with Gasteiger partial charge in [-0.1, -0.05) is 20.3 Å². The molecule has 0 bridgehead atoms. The molecule has 0 spiro atoms. The molecule has 2 atom stereocenters. The summed E-state index contributed by atoms with van der Waals surface area (Å²) in [6.45, 7) is 8.99. The van der Waals surface area contributed by atoms with Crippen LogP contribution in [0.15, 0.2) is 0 Å². The predicted molar refractivity (Wildman–Crippen MR) is 79.7 cm³/mol. The molecule has 0 aliphatic carbocycles. The van der Waals surface area contributed by atoms with Crippen LogP contribution in [0.1, 0.15) is 52.9 Å². The SMILES string of the molecule is CCCCN(C(C)CC)C1(CN)CCCSC1. The molecule has 102 valence electrons. The van der Waals surface area contributed by atoms with Crippen LogP contribution in [-0.4, -0.2) is 41.1 Å². The van der Waals surface area contributed by atoms with Gasteiger partial charge < -0.3 is 5.73 Å². The third-order valence-electron chi connectivity index (χ3n) is 4.17. The minimum absolute atomic E-state index is 0.285.